The number of anilines is 2. The quantitative estimate of drug-likeness (QED) is 0.490. The first kappa shape index (κ1) is 18.9. The van der Waals surface area contributed by atoms with Gasteiger partial charge in [0.2, 0.25) is 0 Å². The number of aryl methyl sites for hydroxylation is 1. The molecule has 3 aromatic carbocycles. The van der Waals surface area contributed by atoms with Crippen molar-refractivity contribution in [1.82, 2.24) is 0 Å². The van der Waals surface area contributed by atoms with Crippen LogP contribution in [0.4, 0.5) is 11.4 Å². The Hall–Kier alpha value is -3.84. The fourth-order valence-corrected chi connectivity index (χ4v) is 2.74. The van der Waals surface area contributed by atoms with Crippen molar-refractivity contribution in [1.29, 1.82) is 5.26 Å². The van der Waals surface area contributed by atoms with Crippen molar-refractivity contribution in [2.75, 3.05) is 10.2 Å². The highest BCUT2D eigenvalue weighted by Crippen LogP contribution is 2.19. The minimum absolute atomic E-state index is 0.0420. The van der Waals surface area contributed by atoms with Crippen LogP contribution in [-0.2, 0) is 11.3 Å². The zero-order chi connectivity index (χ0) is 19.8. The summed E-state index contributed by atoms with van der Waals surface area (Å²) >= 11 is 0. The minimum atomic E-state index is -0.430. The lowest BCUT2D eigenvalue weighted by atomic mass is 10.2. The smallest absolute Gasteiger partial charge is 0.267 e. The summed E-state index contributed by atoms with van der Waals surface area (Å²) in [5, 5.41) is 12.4. The van der Waals surface area contributed by atoms with E-state index in [1.54, 1.807) is 6.20 Å². The van der Waals surface area contributed by atoms with Crippen LogP contribution in [0.2, 0.25) is 0 Å². The van der Waals surface area contributed by atoms with Gasteiger partial charge in [0.05, 0.1) is 0 Å². The number of benzene rings is 3. The maximum atomic E-state index is 12.6. The molecule has 0 saturated heterocycles. The van der Waals surface area contributed by atoms with Crippen LogP contribution >= 0.6 is 0 Å². The van der Waals surface area contributed by atoms with E-state index in [0.717, 1.165) is 16.8 Å². The first-order valence-electron chi connectivity index (χ1n) is 9.01. The third-order valence-corrected chi connectivity index (χ3v) is 4.24. The molecule has 0 aliphatic heterocycles. The molecular formula is C24H21N3O. The first-order valence-corrected chi connectivity index (χ1v) is 9.01. The zero-order valence-electron chi connectivity index (χ0n) is 15.7. The molecule has 1 N–H and O–H groups in total. The average Bonchev–Trinajstić information content (AvgIpc) is 2.74. The average molecular weight is 367 g/mol. The van der Waals surface area contributed by atoms with Crippen molar-refractivity contribution in [2.45, 2.75) is 13.5 Å². The zero-order valence-corrected chi connectivity index (χ0v) is 15.7. The summed E-state index contributed by atoms with van der Waals surface area (Å²) in [6, 6.07) is 29.1. The Bertz CT molecular complexity index is 988. The van der Waals surface area contributed by atoms with Crippen LogP contribution in [0, 0.1) is 18.3 Å². The lowest BCUT2D eigenvalue weighted by Crippen LogP contribution is -2.20. The SMILES string of the molecule is Cc1ccc(NC(=O)/C(C#N)=C\N(Cc2ccccc2)c2ccccc2)cc1. The molecule has 3 rings (SSSR count). The number of amides is 1. The molecule has 138 valence electrons. The van der Waals surface area contributed by atoms with Gasteiger partial charge in [0, 0.05) is 24.1 Å². The number of para-hydroxylation sites is 1. The number of carbonyl (C=O) groups is 1. The summed E-state index contributed by atoms with van der Waals surface area (Å²) in [6.07, 6.45) is 1.60. The van der Waals surface area contributed by atoms with Gasteiger partial charge in [-0.15, -0.1) is 0 Å². The molecule has 0 saturated carbocycles. The molecule has 0 bridgehead atoms. The summed E-state index contributed by atoms with van der Waals surface area (Å²) in [7, 11) is 0. The van der Waals surface area contributed by atoms with E-state index in [9.17, 15) is 10.1 Å². The van der Waals surface area contributed by atoms with Crippen LogP contribution in [0.15, 0.2) is 96.7 Å². The van der Waals surface area contributed by atoms with E-state index in [1.165, 1.54) is 0 Å². The summed E-state index contributed by atoms with van der Waals surface area (Å²) in [4.78, 5) is 14.5. The molecule has 0 radical (unpaired) electrons. The fourth-order valence-electron chi connectivity index (χ4n) is 2.74. The van der Waals surface area contributed by atoms with Crippen LogP contribution in [0.25, 0.3) is 0 Å². The van der Waals surface area contributed by atoms with Crippen LogP contribution < -0.4 is 10.2 Å². The van der Waals surface area contributed by atoms with E-state index in [-0.39, 0.29) is 5.57 Å². The highest BCUT2D eigenvalue weighted by Gasteiger charge is 2.13. The molecule has 0 fully saturated rings. The predicted molar refractivity (Wildman–Crippen MR) is 113 cm³/mol. The normalized spacial score (nSPS) is 10.8. The maximum absolute atomic E-state index is 12.6. The predicted octanol–water partition coefficient (Wildman–Crippen LogP) is 5.05. The van der Waals surface area contributed by atoms with Gasteiger partial charge in [-0.3, -0.25) is 4.79 Å². The molecule has 0 unspecified atom stereocenters. The van der Waals surface area contributed by atoms with Gasteiger partial charge in [-0.2, -0.15) is 5.26 Å². The summed E-state index contributed by atoms with van der Waals surface area (Å²) < 4.78 is 0. The van der Waals surface area contributed by atoms with Crippen molar-refractivity contribution in [3.05, 3.63) is 108 Å². The highest BCUT2D eigenvalue weighted by molar-refractivity contribution is 6.06. The maximum Gasteiger partial charge on any atom is 0.267 e. The Morgan fingerprint density at radius 2 is 1.57 bits per heavy atom. The Labute approximate surface area is 165 Å². The summed E-state index contributed by atoms with van der Waals surface area (Å²) in [5.41, 5.74) is 3.79. The van der Waals surface area contributed by atoms with Gasteiger partial charge in [0.25, 0.3) is 5.91 Å². The second-order valence-corrected chi connectivity index (χ2v) is 6.42. The number of carbonyl (C=O) groups excluding carboxylic acids is 1. The van der Waals surface area contributed by atoms with E-state index in [4.69, 9.17) is 0 Å². The number of nitrogens with one attached hydrogen (secondary N) is 1. The van der Waals surface area contributed by atoms with Gasteiger partial charge in [0.15, 0.2) is 0 Å². The van der Waals surface area contributed by atoms with Gasteiger partial charge in [-0.25, -0.2) is 0 Å². The van der Waals surface area contributed by atoms with Crippen molar-refractivity contribution in [2.24, 2.45) is 0 Å². The van der Waals surface area contributed by atoms with Gasteiger partial charge in [-0.05, 0) is 36.8 Å². The molecule has 0 aliphatic carbocycles. The number of nitrogens with zero attached hydrogens (tertiary/aromatic N) is 2. The van der Waals surface area contributed by atoms with Crippen LogP contribution in [0.1, 0.15) is 11.1 Å². The van der Waals surface area contributed by atoms with Crippen molar-refractivity contribution < 1.29 is 4.79 Å². The Morgan fingerprint density at radius 3 is 2.18 bits per heavy atom. The fraction of sp³-hybridized carbons (Fsp3) is 0.0833. The largest absolute Gasteiger partial charge is 0.342 e. The van der Waals surface area contributed by atoms with Crippen LogP contribution in [-0.4, -0.2) is 5.91 Å². The molecular weight excluding hydrogens is 346 g/mol. The third-order valence-electron chi connectivity index (χ3n) is 4.24. The highest BCUT2D eigenvalue weighted by atomic mass is 16.1. The van der Waals surface area contributed by atoms with Gasteiger partial charge in [-0.1, -0.05) is 66.2 Å². The number of nitriles is 1. The number of rotatable bonds is 6. The lowest BCUT2D eigenvalue weighted by Gasteiger charge is -2.21. The van der Waals surface area contributed by atoms with E-state index >= 15 is 0 Å². The van der Waals surface area contributed by atoms with E-state index in [1.807, 2.05) is 103 Å². The molecule has 4 nitrogen and oxygen atoms in total. The molecule has 0 atom stereocenters. The van der Waals surface area contributed by atoms with Crippen molar-refractivity contribution in [3.8, 4) is 6.07 Å². The third kappa shape index (κ3) is 5.09. The summed E-state index contributed by atoms with van der Waals surface area (Å²) in [5.74, 6) is -0.430. The number of hydrogen-bond acceptors (Lipinski definition) is 3. The molecule has 28 heavy (non-hydrogen) atoms. The van der Waals surface area contributed by atoms with Gasteiger partial charge < -0.3 is 10.2 Å². The van der Waals surface area contributed by atoms with E-state index in [0.29, 0.717) is 12.2 Å². The van der Waals surface area contributed by atoms with Crippen molar-refractivity contribution >= 4 is 17.3 Å². The monoisotopic (exact) mass is 367 g/mol. The molecule has 0 aliphatic rings. The summed E-state index contributed by atoms with van der Waals surface area (Å²) in [6.45, 7) is 2.53. The van der Waals surface area contributed by atoms with E-state index in [2.05, 4.69) is 5.32 Å². The van der Waals surface area contributed by atoms with Gasteiger partial charge in [0.1, 0.15) is 11.6 Å². The molecule has 1 amide bonds. The van der Waals surface area contributed by atoms with Crippen LogP contribution in [0.3, 0.4) is 0 Å². The standard InChI is InChI=1S/C24H21N3O/c1-19-12-14-22(15-13-19)26-24(28)21(16-25)18-27(23-10-6-3-7-11-23)17-20-8-4-2-5-9-20/h2-15,18H,17H2,1H3,(H,26,28)/b21-18-. The molecule has 0 aromatic heterocycles. The Balaban J connectivity index is 1.87. The number of hydrogen-bond donors (Lipinski definition) is 1. The van der Waals surface area contributed by atoms with Gasteiger partial charge >= 0.3 is 0 Å². The molecule has 3 aromatic rings. The Morgan fingerprint density at radius 1 is 0.964 bits per heavy atom. The van der Waals surface area contributed by atoms with Crippen LogP contribution in [0.5, 0.6) is 0 Å². The molecule has 0 heterocycles. The van der Waals surface area contributed by atoms with E-state index < -0.39 is 5.91 Å². The second kappa shape index (κ2) is 9.20. The minimum Gasteiger partial charge on any atom is -0.342 e. The second-order valence-electron chi connectivity index (χ2n) is 6.42. The lowest BCUT2D eigenvalue weighted by molar-refractivity contribution is -0.112. The first-order chi connectivity index (χ1) is 13.7. The molecule has 0 spiro atoms. The topological polar surface area (TPSA) is 56.1 Å². The Kier molecular flexibility index (Phi) is 6.22. The molecule has 4 heteroatoms. The van der Waals surface area contributed by atoms with Crippen molar-refractivity contribution in [3.63, 3.8) is 0 Å².